The van der Waals surface area contributed by atoms with Crippen LogP contribution in [0.1, 0.15) is 31.2 Å². The molecule has 4 nitrogen and oxygen atoms in total. The van der Waals surface area contributed by atoms with Crippen LogP contribution >= 0.6 is 22.6 Å². The number of halogens is 1. The second-order valence-electron chi connectivity index (χ2n) is 6.81. The number of fused-ring (bicyclic) bond motifs is 1. The molecule has 25 heavy (non-hydrogen) atoms. The largest absolute Gasteiger partial charge is 0.399 e. The van der Waals surface area contributed by atoms with Crippen LogP contribution in [-0.4, -0.2) is 0 Å². The number of benzene rings is 1. The topological polar surface area (TPSA) is 97.4 Å². The van der Waals surface area contributed by atoms with Gasteiger partial charge < -0.3 is 5.73 Å². The lowest BCUT2D eigenvalue weighted by Gasteiger charge is -2.44. The Morgan fingerprint density at radius 3 is 2.56 bits per heavy atom. The van der Waals surface area contributed by atoms with Gasteiger partial charge in [0.2, 0.25) is 0 Å². The van der Waals surface area contributed by atoms with Crippen LogP contribution in [0.15, 0.2) is 47.2 Å². The molecule has 124 valence electrons. The van der Waals surface area contributed by atoms with E-state index in [1.165, 1.54) is 0 Å². The number of nitrogens with two attached hydrogens (primary N) is 1. The molecule has 0 saturated carbocycles. The van der Waals surface area contributed by atoms with Crippen LogP contribution in [0.5, 0.6) is 0 Å². The van der Waals surface area contributed by atoms with Crippen LogP contribution in [0.3, 0.4) is 0 Å². The van der Waals surface area contributed by atoms with Gasteiger partial charge in [0.1, 0.15) is 6.07 Å². The number of hydrogen-bond donors (Lipinski definition) is 1. The van der Waals surface area contributed by atoms with Crippen molar-refractivity contribution in [1.82, 2.24) is 0 Å². The fourth-order valence-electron chi connectivity index (χ4n) is 4.15. The maximum Gasteiger partial charge on any atom is 0.191 e. The highest BCUT2D eigenvalue weighted by Crippen LogP contribution is 2.56. The summed E-state index contributed by atoms with van der Waals surface area (Å²) in [6, 6.07) is 14.4. The van der Waals surface area contributed by atoms with Crippen molar-refractivity contribution in [3.8, 4) is 18.2 Å². The van der Waals surface area contributed by atoms with Gasteiger partial charge >= 0.3 is 0 Å². The van der Waals surface area contributed by atoms with Gasteiger partial charge in [-0.1, -0.05) is 25.1 Å². The van der Waals surface area contributed by atoms with Crippen LogP contribution in [0.2, 0.25) is 0 Å². The Morgan fingerprint density at radius 1 is 1.24 bits per heavy atom. The fourth-order valence-corrected chi connectivity index (χ4v) is 4.72. The van der Waals surface area contributed by atoms with Gasteiger partial charge in [-0.3, -0.25) is 0 Å². The Morgan fingerprint density at radius 2 is 1.96 bits per heavy atom. The monoisotopic (exact) mass is 440 g/mol. The number of rotatable bonds is 1. The molecule has 0 unspecified atom stereocenters. The fraction of sp³-hybridized carbons (Fsp3) is 0.350. The first kappa shape index (κ1) is 17.5. The van der Waals surface area contributed by atoms with Crippen LogP contribution in [-0.2, 0) is 0 Å². The summed E-state index contributed by atoms with van der Waals surface area (Å²) >= 11 is 2.23. The van der Waals surface area contributed by atoms with Crippen LogP contribution < -0.4 is 5.73 Å². The molecule has 1 aromatic carbocycles. The molecule has 0 saturated heterocycles. The standard InChI is InChI=1S/C20H17IN4/c1-12-5-6-15-16(7-12)18(13-3-2-4-14(21)8-13)20(10-23,11-24)19(25)17(15)9-22/h2-4,6,8,12,16,18H,5,7,25H2,1H3/t12-,16-,18+/m1/s1. The SMILES string of the molecule is C[C@@H]1CC=C2C(C#N)=C(N)C(C#N)(C#N)[C@@H](c3cccc(I)c3)[C@@H]2C1. The van der Waals surface area contributed by atoms with E-state index >= 15 is 0 Å². The first-order valence-electron chi connectivity index (χ1n) is 8.17. The van der Waals surface area contributed by atoms with Gasteiger partial charge in [0.25, 0.3) is 0 Å². The lowest BCUT2D eigenvalue weighted by Crippen LogP contribution is -2.43. The van der Waals surface area contributed by atoms with Crippen LogP contribution in [0, 0.1) is 54.8 Å². The predicted octanol–water partition coefficient (Wildman–Crippen LogP) is 4.13. The van der Waals surface area contributed by atoms with Gasteiger partial charge in [-0.05, 0) is 70.5 Å². The van der Waals surface area contributed by atoms with E-state index in [1.807, 2.05) is 24.3 Å². The van der Waals surface area contributed by atoms with E-state index in [-0.39, 0.29) is 17.5 Å². The van der Waals surface area contributed by atoms with E-state index in [1.54, 1.807) is 0 Å². The molecule has 0 amide bonds. The van der Waals surface area contributed by atoms with Gasteiger partial charge in [-0.15, -0.1) is 0 Å². The van der Waals surface area contributed by atoms with Crippen molar-refractivity contribution in [1.29, 1.82) is 15.8 Å². The Balaban J connectivity index is 2.34. The first-order chi connectivity index (χ1) is 12.0. The lowest BCUT2D eigenvalue weighted by molar-refractivity contribution is 0.284. The Labute approximate surface area is 161 Å². The van der Waals surface area contributed by atoms with Crippen molar-refractivity contribution < 1.29 is 0 Å². The number of allylic oxidation sites excluding steroid dienone is 4. The van der Waals surface area contributed by atoms with Gasteiger partial charge in [0, 0.05) is 9.49 Å². The quantitative estimate of drug-likeness (QED) is 0.664. The molecule has 0 bridgehead atoms. The molecule has 2 aliphatic rings. The summed E-state index contributed by atoms with van der Waals surface area (Å²) < 4.78 is 1.04. The second-order valence-corrected chi connectivity index (χ2v) is 8.05. The average molecular weight is 440 g/mol. The highest BCUT2D eigenvalue weighted by Gasteiger charge is 2.54. The summed E-state index contributed by atoms with van der Waals surface area (Å²) in [6.07, 6.45) is 3.80. The summed E-state index contributed by atoms with van der Waals surface area (Å²) in [4.78, 5) is 0. The minimum absolute atomic E-state index is 0.0526. The van der Waals surface area contributed by atoms with Gasteiger partial charge in [-0.2, -0.15) is 15.8 Å². The van der Waals surface area contributed by atoms with E-state index in [4.69, 9.17) is 5.73 Å². The number of hydrogen-bond acceptors (Lipinski definition) is 4. The van der Waals surface area contributed by atoms with Crippen molar-refractivity contribution in [2.75, 3.05) is 0 Å². The molecular weight excluding hydrogens is 423 g/mol. The molecule has 3 atom stereocenters. The molecule has 5 heteroatoms. The predicted molar refractivity (Wildman–Crippen MR) is 102 cm³/mol. The molecule has 0 fully saturated rings. The van der Waals surface area contributed by atoms with Crippen LogP contribution in [0.25, 0.3) is 0 Å². The third kappa shape index (κ3) is 2.62. The maximum absolute atomic E-state index is 9.97. The van der Waals surface area contributed by atoms with E-state index in [9.17, 15) is 15.8 Å². The normalized spacial score (nSPS) is 27.3. The summed E-state index contributed by atoms with van der Waals surface area (Å²) in [6.45, 7) is 2.16. The van der Waals surface area contributed by atoms with E-state index in [2.05, 4.69) is 53.8 Å². The zero-order chi connectivity index (χ0) is 18.2. The smallest absolute Gasteiger partial charge is 0.191 e. The Hall–Kier alpha value is -2.30. The molecule has 2 N–H and O–H groups in total. The summed E-state index contributed by atoms with van der Waals surface area (Å²) in [5.74, 6) is 0.0138. The first-order valence-corrected chi connectivity index (χ1v) is 9.25. The third-order valence-electron chi connectivity index (χ3n) is 5.32. The van der Waals surface area contributed by atoms with Crippen molar-refractivity contribution >= 4 is 22.6 Å². The van der Waals surface area contributed by atoms with Crippen molar-refractivity contribution in [2.24, 2.45) is 23.0 Å². The van der Waals surface area contributed by atoms with E-state index in [0.29, 0.717) is 11.5 Å². The Bertz CT molecular complexity index is 893. The Kier molecular flexibility index (Phi) is 4.58. The molecule has 0 aromatic heterocycles. The molecule has 0 aliphatic heterocycles. The van der Waals surface area contributed by atoms with Crippen molar-refractivity contribution in [3.05, 3.63) is 56.3 Å². The summed E-state index contributed by atoms with van der Waals surface area (Å²) in [5.41, 5.74) is 7.00. The molecule has 1 aromatic rings. The van der Waals surface area contributed by atoms with Crippen molar-refractivity contribution in [3.63, 3.8) is 0 Å². The molecule has 0 spiro atoms. The molecular formula is C20H17IN4. The maximum atomic E-state index is 9.97. The van der Waals surface area contributed by atoms with E-state index in [0.717, 1.165) is 27.5 Å². The number of nitriles is 3. The molecule has 0 heterocycles. The van der Waals surface area contributed by atoms with Gasteiger partial charge in [0.15, 0.2) is 5.41 Å². The highest BCUT2D eigenvalue weighted by molar-refractivity contribution is 14.1. The average Bonchev–Trinajstić information content (AvgIpc) is 2.61. The second kappa shape index (κ2) is 6.54. The third-order valence-corrected chi connectivity index (χ3v) is 5.99. The minimum atomic E-state index is -1.52. The lowest BCUT2D eigenvalue weighted by atomic mass is 9.56. The van der Waals surface area contributed by atoms with Crippen LogP contribution in [0.4, 0.5) is 0 Å². The minimum Gasteiger partial charge on any atom is -0.399 e. The molecule has 0 radical (unpaired) electrons. The van der Waals surface area contributed by atoms with Gasteiger partial charge in [0.05, 0.1) is 23.4 Å². The van der Waals surface area contributed by atoms with E-state index < -0.39 is 5.41 Å². The summed E-state index contributed by atoms with van der Waals surface area (Å²) in [5, 5.41) is 29.6. The molecule has 3 rings (SSSR count). The van der Waals surface area contributed by atoms with Crippen molar-refractivity contribution in [2.45, 2.75) is 25.7 Å². The number of nitrogens with zero attached hydrogens (tertiary/aromatic N) is 3. The molecule has 2 aliphatic carbocycles. The zero-order valence-corrected chi connectivity index (χ0v) is 16.0. The highest BCUT2D eigenvalue weighted by atomic mass is 127. The zero-order valence-electron chi connectivity index (χ0n) is 13.8. The summed E-state index contributed by atoms with van der Waals surface area (Å²) in [7, 11) is 0. The van der Waals surface area contributed by atoms with Gasteiger partial charge in [-0.25, -0.2) is 0 Å².